The molecule has 21 heavy (non-hydrogen) atoms. The first kappa shape index (κ1) is 14.6. The van der Waals surface area contributed by atoms with Crippen molar-refractivity contribution >= 4 is 17.6 Å². The predicted molar refractivity (Wildman–Crippen MR) is 76.9 cm³/mol. The van der Waals surface area contributed by atoms with Crippen molar-refractivity contribution in [2.75, 3.05) is 12.8 Å². The average molecular weight is 288 g/mol. The molecule has 0 aliphatic heterocycles. The molecule has 0 saturated carbocycles. The summed E-state index contributed by atoms with van der Waals surface area (Å²) >= 11 is 0. The number of ether oxygens (including phenoxy) is 1. The fourth-order valence-electron chi connectivity index (χ4n) is 1.78. The summed E-state index contributed by atoms with van der Waals surface area (Å²) in [5.41, 5.74) is 7.27. The lowest BCUT2D eigenvalue weighted by molar-refractivity contribution is -0.142. The van der Waals surface area contributed by atoms with Crippen molar-refractivity contribution in [1.82, 2.24) is 15.1 Å². The minimum Gasteiger partial charge on any atom is -0.467 e. The number of rotatable bonds is 4. The lowest BCUT2D eigenvalue weighted by atomic mass is 10.3. The maximum absolute atomic E-state index is 12.0. The zero-order valence-corrected chi connectivity index (χ0v) is 11.7. The second-order valence-electron chi connectivity index (χ2n) is 4.42. The van der Waals surface area contributed by atoms with E-state index in [9.17, 15) is 9.59 Å². The Hall–Kier alpha value is -2.83. The molecule has 0 spiro atoms. The Bertz CT molecular complexity index is 666. The number of benzene rings is 1. The number of esters is 1. The van der Waals surface area contributed by atoms with Crippen LogP contribution in [-0.2, 0) is 9.53 Å². The Morgan fingerprint density at radius 1 is 1.33 bits per heavy atom. The highest BCUT2D eigenvalue weighted by Crippen LogP contribution is 2.15. The van der Waals surface area contributed by atoms with Crippen LogP contribution in [0.1, 0.15) is 17.4 Å². The first-order valence-electron chi connectivity index (χ1n) is 6.32. The molecule has 0 aliphatic rings. The number of nitrogens with zero attached hydrogens (tertiary/aromatic N) is 2. The molecule has 3 N–H and O–H groups in total. The molecule has 1 atom stereocenters. The van der Waals surface area contributed by atoms with E-state index in [1.807, 2.05) is 12.1 Å². The number of nitrogen functional groups attached to an aromatic ring is 1. The van der Waals surface area contributed by atoms with Crippen molar-refractivity contribution in [3.05, 3.63) is 42.2 Å². The number of amides is 1. The van der Waals surface area contributed by atoms with Gasteiger partial charge in [-0.25, -0.2) is 9.48 Å². The number of para-hydroxylation sites is 2. The number of carbonyl (C=O) groups excluding carboxylic acids is 2. The molecule has 1 aromatic heterocycles. The molecule has 0 bridgehead atoms. The highest BCUT2D eigenvalue weighted by Gasteiger charge is 2.18. The van der Waals surface area contributed by atoms with Crippen molar-refractivity contribution in [2.24, 2.45) is 0 Å². The van der Waals surface area contributed by atoms with E-state index in [1.54, 1.807) is 24.4 Å². The van der Waals surface area contributed by atoms with Gasteiger partial charge in [-0.05, 0) is 25.1 Å². The first-order chi connectivity index (χ1) is 10.0. The standard InChI is InChI=1S/C14H16N4O3/c1-9(14(20)21-2)16-13(19)11-7-8-18(17-11)12-6-4-3-5-10(12)15/h3-9H,15H2,1-2H3,(H,16,19). The van der Waals surface area contributed by atoms with Gasteiger partial charge in [0.2, 0.25) is 0 Å². The lowest BCUT2D eigenvalue weighted by Gasteiger charge is -2.10. The Morgan fingerprint density at radius 2 is 2.05 bits per heavy atom. The quantitative estimate of drug-likeness (QED) is 0.638. The van der Waals surface area contributed by atoms with Gasteiger partial charge < -0.3 is 15.8 Å². The van der Waals surface area contributed by atoms with E-state index < -0.39 is 17.9 Å². The molecule has 110 valence electrons. The van der Waals surface area contributed by atoms with Gasteiger partial charge in [0.1, 0.15) is 6.04 Å². The van der Waals surface area contributed by atoms with Crippen molar-refractivity contribution in [2.45, 2.75) is 13.0 Å². The molecule has 1 unspecified atom stereocenters. The van der Waals surface area contributed by atoms with Gasteiger partial charge in [-0.15, -0.1) is 0 Å². The molecule has 7 nitrogen and oxygen atoms in total. The van der Waals surface area contributed by atoms with Crippen LogP contribution in [0.25, 0.3) is 5.69 Å². The molecule has 1 amide bonds. The fourth-order valence-corrected chi connectivity index (χ4v) is 1.78. The topological polar surface area (TPSA) is 99.2 Å². The third kappa shape index (κ3) is 3.19. The molecule has 0 aliphatic carbocycles. The summed E-state index contributed by atoms with van der Waals surface area (Å²) in [4.78, 5) is 23.2. The highest BCUT2D eigenvalue weighted by atomic mass is 16.5. The Balaban J connectivity index is 2.15. The average Bonchev–Trinajstić information content (AvgIpc) is 2.96. The molecule has 0 saturated heterocycles. The number of aromatic nitrogens is 2. The van der Waals surface area contributed by atoms with Gasteiger partial charge in [0.25, 0.3) is 5.91 Å². The van der Waals surface area contributed by atoms with E-state index in [2.05, 4.69) is 15.2 Å². The van der Waals surface area contributed by atoms with Crippen LogP contribution in [-0.4, -0.2) is 34.8 Å². The molecule has 0 radical (unpaired) electrons. The van der Waals surface area contributed by atoms with Crippen molar-refractivity contribution in [1.29, 1.82) is 0 Å². The second kappa shape index (κ2) is 6.08. The van der Waals surface area contributed by atoms with E-state index in [-0.39, 0.29) is 5.69 Å². The Labute approximate surface area is 121 Å². The maximum Gasteiger partial charge on any atom is 0.328 e. The highest BCUT2D eigenvalue weighted by molar-refractivity contribution is 5.95. The number of nitrogens with two attached hydrogens (primary N) is 1. The van der Waals surface area contributed by atoms with Crippen LogP contribution < -0.4 is 11.1 Å². The molecule has 0 fully saturated rings. The molecule has 1 aromatic carbocycles. The number of hydrogen-bond donors (Lipinski definition) is 2. The van der Waals surface area contributed by atoms with E-state index in [4.69, 9.17) is 5.73 Å². The van der Waals surface area contributed by atoms with Crippen LogP contribution in [0.3, 0.4) is 0 Å². The lowest BCUT2D eigenvalue weighted by Crippen LogP contribution is -2.39. The van der Waals surface area contributed by atoms with Crippen molar-refractivity contribution in [3.8, 4) is 5.69 Å². The zero-order chi connectivity index (χ0) is 15.4. The monoisotopic (exact) mass is 288 g/mol. The number of nitrogens with one attached hydrogen (secondary N) is 1. The summed E-state index contributed by atoms with van der Waals surface area (Å²) in [6.07, 6.45) is 1.63. The summed E-state index contributed by atoms with van der Waals surface area (Å²) in [6, 6.07) is 7.98. The van der Waals surface area contributed by atoms with Crippen LogP contribution >= 0.6 is 0 Å². The van der Waals surface area contributed by atoms with Crippen LogP contribution in [0.4, 0.5) is 5.69 Å². The summed E-state index contributed by atoms with van der Waals surface area (Å²) in [5, 5.41) is 6.66. The molecule has 1 heterocycles. The zero-order valence-electron chi connectivity index (χ0n) is 11.7. The third-order valence-electron chi connectivity index (χ3n) is 2.91. The van der Waals surface area contributed by atoms with Gasteiger partial charge in [-0.1, -0.05) is 12.1 Å². The SMILES string of the molecule is COC(=O)C(C)NC(=O)c1ccn(-c2ccccc2N)n1. The minimum absolute atomic E-state index is 0.189. The van der Waals surface area contributed by atoms with Gasteiger partial charge in [0.15, 0.2) is 5.69 Å². The van der Waals surface area contributed by atoms with Crippen LogP contribution in [0.15, 0.2) is 36.5 Å². The first-order valence-corrected chi connectivity index (χ1v) is 6.32. The van der Waals surface area contributed by atoms with Gasteiger partial charge in [-0.3, -0.25) is 4.79 Å². The van der Waals surface area contributed by atoms with Crippen molar-refractivity contribution in [3.63, 3.8) is 0 Å². The van der Waals surface area contributed by atoms with Crippen LogP contribution in [0.5, 0.6) is 0 Å². The number of hydrogen-bond acceptors (Lipinski definition) is 5. The summed E-state index contributed by atoms with van der Waals surface area (Å²) in [6.45, 7) is 1.54. The van der Waals surface area contributed by atoms with Gasteiger partial charge in [0.05, 0.1) is 18.5 Å². The third-order valence-corrected chi connectivity index (χ3v) is 2.91. The summed E-state index contributed by atoms with van der Waals surface area (Å²) in [5.74, 6) is -0.976. The molecule has 2 rings (SSSR count). The second-order valence-corrected chi connectivity index (χ2v) is 4.42. The Morgan fingerprint density at radius 3 is 2.71 bits per heavy atom. The number of anilines is 1. The number of methoxy groups -OCH3 is 1. The molecule has 7 heteroatoms. The number of carbonyl (C=O) groups is 2. The van der Waals surface area contributed by atoms with Gasteiger partial charge in [-0.2, -0.15) is 5.10 Å². The Kier molecular flexibility index (Phi) is 4.22. The van der Waals surface area contributed by atoms with E-state index in [0.29, 0.717) is 11.4 Å². The fraction of sp³-hybridized carbons (Fsp3) is 0.214. The van der Waals surface area contributed by atoms with E-state index in [0.717, 1.165) is 0 Å². The molecular formula is C14H16N4O3. The van der Waals surface area contributed by atoms with Crippen LogP contribution in [0, 0.1) is 0 Å². The predicted octanol–water partition coefficient (Wildman–Crippen LogP) is 0.746. The van der Waals surface area contributed by atoms with E-state index in [1.165, 1.54) is 18.7 Å². The molecular weight excluding hydrogens is 272 g/mol. The summed E-state index contributed by atoms with van der Waals surface area (Å²) < 4.78 is 6.05. The van der Waals surface area contributed by atoms with Gasteiger partial charge in [0, 0.05) is 6.20 Å². The normalized spacial score (nSPS) is 11.7. The smallest absolute Gasteiger partial charge is 0.328 e. The summed E-state index contributed by atoms with van der Waals surface area (Å²) in [7, 11) is 1.26. The molecule has 2 aromatic rings. The minimum atomic E-state index is -0.741. The van der Waals surface area contributed by atoms with Crippen LogP contribution in [0.2, 0.25) is 0 Å². The van der Waals surface area contributed by atoms with Crippen molar-refractivity contribution < 1.29 is 14.3 Å². The largest absolute Gasteiger partial charge is 0.467 e. The van der Waals surface area contributed by atoms with Gasteiger partial charge >= 0.3 is 5.97 Å². The maximum atomic E-state index is 12.0. The van der Waals surface area contributed by atoms with E-state index >= 15 is 0 Å².